The van der Waals surface area contributed by atoms with Crippen LogP contribution in [0.4, 0.5) is 0 Å². The number of rotatable bonds is 1. The number of hydrogen-bond donors (Lipinski definition) is 0. The number of pyridine rings is 2. The van der Waals surface area contributed by atoms with Crippen LogP contribution < -0.4 is 0 Å². The van der Waals surface area contributed by atoms with E-state index in [1.807, 2.05) is 24.3 Å². The molecule has 2 nitrogen and oxygen atoms in total. The van der Waals surface area contributed by atoms with Crippen LogP contribution in [0.25, 0.3) is 11.1 Å². The van der Waals surface area contributed by atoms with Gasteiger partial charge in [-0.2, -0.15) is 0 Å². The van der Waals surface area contributed by atoms with Crippen LogP contribution in [0.15, 0.2) is 81.3 Å². The van der Waals surface area contributed by atoms with Crippen LogP contribution in [0.3, 0.4) is 0 Å². The monoisotopic (exact) mass is 488 g/mol. The number of halogens is 2. The summed E-state index contributed by atoms with van der Waals surface area (Å²) < 4.78 is 1.74. The van der Waals surface area contributed by atoms with Gasteiger partial charge in [0, 0.05) is 56.0 Å². The number of aromatic nitrogens is 2. The van der Waals surface area contributed by atoms with Gasteiger partial charge in [0.25, 0.3) is 0 Å². The highest BCUT2D eigenvalue weighted by Crippen LogP contribution is 2.37. The molecule has 0 aromatic carbocycles. The number of allylic oxidation sites excluding steroid dienone is 8. The predicted molar refractivity (Wildman–Crippen MR) is 120 cm³/mol. The van der Waals surface area contributed by atoms with Crippen molar-refractivity contribution >= 4 is 31.9 Å². The first-order valence-corrected chi connectivity index (χ1v) is 10.3. The molecule has 2 aliphatic rings. The van der Waals surface area contributed by atoms with Gasteiger partial charge in [0.05, 0.1) is 11.1 Å². The van der Waals surface area contributed by atoms with E-state index < -0.39 is 0 Å². The van der Waals surface area contributed by atoms with Gasteiger partial charge in [0.15, 0.2) is 0 Å². The van der Waals surface area contributed by atoms with E-state index in [2.05, 4.69) is 77.7 Å². The molecule has 2 aliphatic carbocycles. The fourth-order valence-corrected chi connectivity index (χ4v) is 4.00. The molecule has 0 saturated carbocycles. The third kappa shape index (κ3) is 4.09. The van der Waals surface area contributed by atoms with Gasteiger partial charge in [0.2, 0.25) is 0 Å². The van der Waals surface area contributed by atoms with E-state index in [9.17, 15) is 0 Å². The minimum atomic E-state index is 0.846. The van der Waals surface area contributed by atoms with Gasteiger partial charge in [-0.3, -0.25) is 9.97 Å². The van der Waals surface area contributed by atoms with E-state index in [0.29, 0.717) is 0 Å². The van der Waals surface area contributed by atoms with E-state index in [-0.39, 0.29) is 0 Å². The fraction of sp³-hybridized carbons (Fsp3) is 0.0833. The minimum Gasteiger partial charge on any atom is -0.262 e. The summed E-state index contributed by atoms with van der Waals surface area (Å²) in [5.41, 5.74) is 5.82. The zero-order valence-corrected chi connectivity index (χ0v) is 18.0. The molecule has 4 rings (SSSR count). The van der Waals surface area contributed by atoms with Gasteiger partial charge in [0.1, 0.15) is 0 Å². The lowest BCUT2D eigenvalue weighted by molar-refractivity contribution is 1.26. The molecule has 0 N–H and O–H groups in total. The van der Waals surface area contributed by atoms with E-state index in [1.165, 1.54) is 0 Å². The Bertz CT molecular complexity index is 1100. The van der Waals surface area contributed by atoms with E-state index in [4.69, 9.17) is 0 Å². The summed E-state index contributed by atoms with van der Waals surface area (Å²) in [5.74, 6) is 13.1. The van der Waals surface area contributed by atoms with Crippen LogP contribution in [0.2, 0.25) is 0 Å². The lowest BCUT2D eigenvalue weighted by Gasteiger charge is -2.11. The topological polar surface area (TPSA) is 25.8 Å². The molecule has 0 fully saturated rings. The largest absolute Gasteiger partial charge is 0.262 e. The van der Waals surface area contributed by atoms with Gasteiger partial charge in [-0.15, -0.1) is 0 Å². The lowest BCUT2D eigenvalue weighted by Crippen LogP contribution is -1.95. The normalized spacial score (nSPS) is 14.1. The van der Waals surface area contributed by atoms with Gasteiger partial charge in [-0.25, -0.2) is 0 Å². The molecule has 2 heterocycles. The van der Waals surface area contributed by atoms with Gasteiger partial charge >= 0.3 is 0 Å². The summed E-state index contributed by atoms with van der Waals surface area (Å²) in [7, 11) is 0. The van der Waals surface area contributed by atoms with Crippen LogP contribution in [0, 0.1) is 23.7 Å². The number of nitrogens with zero attached hydrogens (tertiary/aromatic N) is 2. The summed E-state index contributed by atoms with van der Waals surface area (Å²) in [6.07, 6.45) is 21.3. The summed E-state index contributed by atoms with van der Waals surface area (Å²) in [4.78, 5) is 8.63. The van der Waals surface area contributed by atoms with Crippen molar-refractivity contribution in [1.29, 1.82) is 0 Å². The standard InChI is InChI=1S/C24H14Br2N2/c25-21-15-27-13-19(11-9-17-5-1-2-6-17)23(21)24-20(14-28-16-22(24)26)12-10-18-7-3-4-8-18/h1-5,7,13-16H,6,8H2. The minimum absolute atomic E-state index is 0.846. The average molecular weight is 490 g/mol. The van der Waals surface area contributed by atoms with Crippen molar-refractivity contribution in [3.8, 4) is 34.8 Å². The van der Waals surface area contributed by atoms with Crippen molar-refractivity contribution in [3.63, 3.8) is 0 Å². The van der Waals surface area contributed by atoms with Crippen LogP contribution in [-0.4, -0.2) is 9.97 Å². The second-order valence-electron chi connectivity index (χ2n) is 6.24. The average Bonchev–Trinajstić information content (AvgIpc) is 3.39. The third-order valence-electron chi connectivity index (χ3n) is 4.31. The first kappa shape index (κ1) is 18.7. The summed E-state index contributed by atoms with van der Waals surface area (Å²) >= 11 is 7.31. The van der Waals surface area contributed by atoms with Crippen molar-refractivity contribution in [3.05, 3.63) is 92.5 Å². The Balaban J connectivity index is 1.83. The highest BCUT2D eigenvalue weighted by molar-refractivity contribution is 9.11. The van der Waals surface area contributed by atoms with Gasteiger partial charge < -0.3 is 0 Å². The smallest absolute Gasteiger partial charge is 0.0523 e. The Hall–Kier alpha value is -2.66. The summed E-state index contributed by atoms with van der Waals surface area (Å²) in [5, 5.41) is 0. The predicted octanol–water partition coefficient (Wildman–Crippen LogP) is 6.14. The Morgan fingerprint density at radius 3 is 1.50 bits per heavy atom. The van der Waals surface area contributed by atoms with Gasteiger partial charge in [-0.1, -0.05) is 60.1 Å². The summed E-state index contributed by atoms with van der Waals surface area (Å²) in [6, 6.07) is 0. The zero-order chi connectivity index (χ0) is 19.3. The molecule has 4 heteroatoms. The molecule has 0 aliphatic heterocycles. The molecular weight excluding hydrogens is 476 g/mol. The Labute approximate surface area is 181 Å². The van der Waals surface area contributed by atoms with Crippen LogP contribution in [-0.2, 0) is 0 Å². The Kier molecular flexibility index (Phi) is 5.72. The zero-order valence-electron chi connectivity index (χ0n) is 14.8. The maximum absolute atomic E-state index is 4.32. The van der Waals surface area contributed by atoms with Crippen molar-refractivity contribution in [2.45, 2.75) is 12.8 Å². The first-order chi connectivity index (χ1) is 13.7. The fourth-order valence-electron chi connectivity index (χ4n) is 2.94. The van der Waals surface area contributed by atoms with E-state index in [1.54, 1.807) is 24.8 Å². The third-order valence-corrected chi connectivity index (χ3v) is 5.51. The van der Waals surface area contributed by atoms with Gasteiger partial charge in [-0.05, 0) is 44.7 Å². The Morgan fingerprint density at radius 1 is 0.643 bits per heavy atom. The molecule has 2 aromatic heterocycles. The highest BCUT2D eigenvalue weighted by atomic mass is 79.9. The molecule has 0 bridgehead atoms. The molecule has 134 valence electrons. The molecule has 2 aromatic rings. The Morgan fingerprint density at radius 2 is 1.11 bits per heavy atom. The molecule has 0 saturated heterocycles. The summed E-state index contributed by atoms with van der Waals surface area (Å²) in [6.45, 7) is 0. The SMILES string of the molecule is Brc1cncc(C#CC2=CC=CC2)c1-c1c(Br)cncc1C#CC1=CC=CC1. The van der Waals surface area contributed by atoms with E-state index >= 15 is 0 Å². The molecule has 0 atom stereocenters. The lowest BCUT2D eigenvalue weighted by atomic mass is 9.98. The molecule has 28 heavy (non-hydrogen) atoms. The second-order valence-corrected chi connectivity index (χ2v) is 7.94. The first-order valence-electron chi connectivity index (χ1n) is 8.75. The van der Waals surface area contributed by atoms with Crippen LogP contribution in [0.1, 0.15) is 24.0 Å². The van der Waals surface area contributed by atoms with Crippen molar-refractivity contribution in [1.82, 2.24) is 9.97 Å². The van der Waals surface area contributed by atoms with Crippen LogP contribution in [0.5, 0.6) is 0 Å². The van der Waals surface area contributed by atoms with Crippen molar-refractivity contribution in [2.75, 3.05) is 0 Å². The quantitative estimate of drug-likeness (QED) is 0.449. The maximum Gasteiger partial charge on any atom is 0.0523 e. The van der Waals surface area contributed by atoms with Crippen molar-refractivity contribution < 1.29 is 0 Å². The molecule has 0 spiro atoms. The van der Waals surface area contributed by atoms with Crippen molar-refractivity contribution in [2.24, 2.45) is 0 Å². The molecular formula is C24H14Br2N2. The maximum atomic E-state index is 4.32. The molecule has 0 radical (unpaired) electrons. The highest BCUT2D eigenvalue weighted by Gasteiger charge is 2.16. The number of hydrogen-bond acceptors (Lipinski definition) is 2. The molecule has 0 amide bonds. The van der Waals surface area contributed by atoms with E-state index in [0.717, 1.165) is 55.2 Å². The molecule has 0 unspecified atom stereocenters. The second kappa shape index (κ2) is 8.57. The van der Waals surface area contributed by atoms with Crippen LogP contribution >= 0.6 is 31.9 Å².